The largest absolute Gasteiger partial charge is 0.453 e. The van der Waals surface area contributed by atoms with Crippen LogP contribution in [0, 0.1) is 22.7 Å². The molecule has 3 rings (SSSR count). The minimum absolute atomic E-state index is 0.0333. The van der Waals surface area contributed by atoms with E-state index in [1.165, 1.54) is 7.11 Å². The smallest absolute Gasteiger partial charge is 0.410 e. The lowest BCUT2D eigenvalue weighted by Gasteiger charge is -2.51. The standard InChI is InChI=1S/C13H18N2O3/c1-13-5-9(3-4-16)11(10(6-13)7-14)15(8-13)12(17)18-2/h5,10-11,16H,3-4,6,8H2,1-2H3/t10-,11+,13-/m0/s1. The first kappa shape index (κ1) is 12.9. The molecule has 0 radical (unpaired) electrons. The number of carbonyl (C=O) groups is 1. The van der Waals surface area contributed by atoms with Crippen molar-refractivity contribution >= 4 is 6.09 Å². The van der Waals surface area contributed by atoms with Gasteiger partial charge in [0.2, 0.25) is 0 Å². The number of carbonyl (C=O) groups excluding carboxylic acids is 1. The zero-order chi connectivity index (χ0) is 13.3. The predicted octanol–water partition coefficient (Wildman–Crippen LogP) is 1.30. The molecule has 2 bridgehead atoms. The minimum Gasteiger partial charge on any atom is -0.453 e. The van der Waals surface area contributed by atoms with E-state index in [1.54, 1.807) is 4.90 Å². The van der Waals surface area contributed by atoms with Crippen molar-refractivity contribution in [2.45, 2.75) is 25.8 Å². The highest BCUT2D eigenvalue weighted by molar-refractivity contribution is 5.69. The lowest BCUT2D eigenvalue weighted by Crippen LogP contribution is -2.58. The van der Waals surface area contributed by atoms with E-state index >= 15 is 0 Å². The molecule has 1 N–H and O–H groups in total. The second-order valence-electron chi connectivity index (χ2n) is 5.33. The molecule has 0 unspecified atom stereocenters. The maximum Gasteiger partial charge on any atom is 0.410 e. The Bertz CT molecular complexity index is 426. The van der Waals surface area contributed by atoms with Crippen LogP contribution in [0.4, 0.5) is 4.79 Å². The number of nitriles is 1. The third-order valence-corrected chi connectivity index (χ3v) is 3.82. The fourth-order valence-corrected chi connectivity index (χ4v) is 3.24. The molecule has 3 atom stereocenters. The van der Waals surface area contributed by atoms with Gasteiger partial charge in [-0.2, -0.15) is 5.26 Å². The topological polar surface area (TPSA) is 73.6 Å². The summed E-state index contributed by atoms with van der Waals surface area (Å²) >= 11 is 0. The van der Waals surface area contributed by atoms with Crippen LogP contribution < -0.4 is 0 Å². The van der Waals surface area contributed by atoms with Crippen molar-refractivity contribution < 1.29 is 14.6 Å². The molecule has 0 aromatic carbocycles. The van der Waals surface area contributed by atoms with E-state index in [1.807, 2.05) is 6.92 Å². The zero-order valence-electron chi connectivity index (χ0n) is 10.7. The van der Waals surface area contributed by atoms with Gasteiger partial charge in [0, 0.05) is 18.6 Å². The highest BCUT2D eigenvalue weighted by atomic mass is 16.5. The Morgan fingerprint density at radius 2 is 2.50 bits per heavy atom. The summed E-state index contributed by atoms with van der Waals surface area (Å²) in [5.41, 5.74) is 0.794. The number of fused-ring (bicyclic) bond motifs is 2. The summed E-state index contributed by atoms with van der Waals surface area (Å²) in [5, 5.41) is 18.4. The van der Waals surface area contributed by atoms with Crippen molar-refractivity contribution in [3.63, 3.8) is 0 Å². The van der Waals surface area contributed by atoms with Crippen LogP contribution in [-0.4, -0.2) is 42.4 Å². The average Bonchev–Trinajstić information content (AvgIpc) is 2.36. The van der Waals surface area contributed by atoms with Crippen LogP contribution in [0.5, 0.6) is 0 Å². The van der Waals surface area contributed by atoms with Crippen LogP contribution >= 0.6 is 0 Å². The molecular weight excluding hydrogens is 232 g/mol. The molecule has 3 aliphatic rings. The van der Waals surface area contributed by atoms with Crippen molar-refractivity contribution in [3.8, 4) is 6.07 Å². The maximum atomic E-state index is 11.8. The summed E-state index contributed by atoms with van der Waals surface area (Å²) in [6, 6.07) is 2.05. The van der Waals surface area contributed by atoms with Crippen molar-refractivity contribution in [3.05, 3.63) is 11.6 Å². The third-order valence-electron chi connectivity index (χ3n) is 3.82. The number of hydrogen-bond acceptors (Lipinski definition) is 4. The molecule has 5 nitrogen and oxygen atoms in total. The number of nitrogens with zero attached hydrogens (tertiary/aromatic N) is 2. The fraction of sp³-hybridized carbons (Fsp3) is 0.692. The first-order valence-electron chi connectivity index (χ1n) is 6.11. The van der Waals surface area contributed by atoms with Gasteiger partial charge in [0.15, 0.2) is 0 Å². The monoisotopic (exact) mass is 250 g/mol. The zero-order valence-corrected chi connectivity index (χ0v) is 10.7. The van der Waals surface area contributed by atoms with Gasteiger partial charge >= 0.3 is 6.09 Å². The van der Waals surface area contributed by atoms with Crippen LogP contribution in [-0.2, 0) is 4.74 Å². The number of hydrogen-bond donors (Lipinski definition) is 1. The van der Waals surface area contributed by atoms with E-state index in [2.05, 4.69) is 12.1 Å². The summed E-state index contributed by atoms with van der Waals surface area (Å²) in [6.45, 7) is 2.66. The SMILES string of the molecule is COC(=O)N1C[C@@]2(C)C=C(CCO)[C@@H]1[C@H](C#N)C2. The second kappa shape index (κ2) is 4.62. The van der Waals surface area contributed by atoms with Crippen molar-refractivity contribution in [1.82, 2.24) is 4.90 Å². The van der Waals surface area contributed by atoms with Crippen LogP contribution in [0.1, 0.15) is 19.8 Å². The minimum atomic E-state index is -0.394. The number of aliphatic hydroxyl groups excluding tert-OH is 1. The summed E-state index contributed by atoms with van der Waals surface area (Å²) in [6.07, 6.45) is 3.00. The van der Waals surface area contributed by atoms with Gasteiger partial charge in [-0.15, -0.1) is 0 Å². The van der Waals surface area contributed by atoms with Gasteiger partial charge in [-0.1, -0.05) is 13.0 Å². The van der Waals surface area contributed by atoms with E-state index < -0.39 is 6.09 Å². The van der Waals surface area contributed by atoms with Crippen molar-refractivity contribution in [2.24, 2.45) is 11.3 Å². The molecule has 1 fully saturated rings. The molecule has 0 spiro atoms. The van der Waals surface area contributed by atoms with Gasteiger partial charge in [-0.05, 0) is 18.4 Å². The van der Waals surface area contributed by atoms with Gasteiger partial charge in [0.25, 0.3) is 0 Å². The Balaban J connectivity index is 2.38. The fourth-order valence-electron chi connectivity index (χ4n) is 3.24. The van der Waals surface area contributed by atoms with Gasteiger partial charge in [0.1, 0.15) is 0 Å². The Labute approximate surface area is 107 Å². The van der Waals surface area contributed by atoms with Crippen LogP contribution in [0.3, 0.4) is 0 Å². The number of rotatable bonds is 2. The predicted molar refractivity (Wildman–Crippen MR) is 64.5 cm³/mol. The molecule has 2 aliphatic heterocycles. The number of ether oxygens (including phenoxy) is 1. The molecule has 2 heterocycles. The maximum absolute atomic E-state index is 11.8. The number of aliphatic hydroxyl groups is 1. The first-order valence-corrected chi connectivity index (χ1v) is 6.11. The molecule has 0 saturated carbocycles. The quantitative estimate of drug-likeness (QED) is 0.749. The lowest BCUT2D eigenvalue weighted by atomic mass is 9.65. The van der Waals surface area contributed by atoms with E-state index in [0.717, 1.165) is 12.0 Å². The highest BCUT2D eigenvalue weighted by Crippen LogP contribution is 2.46. The summed E-state index contributed by atoms with van der Waals surface area (Å²) in [5.74, 6) is -0.214. The summed E-state index contributed by atoms with van der Waals surface area (Å²) in [7, 11) is 1.35. The van der Waals surface area contributed by atoms with Crippen molar-refractivity contribution in [2.75, 3.05) is 20.3 Å². The van der Waals surface area contributed by atoms with E-state index in [0.29, 0.717) is 13.0 Å². The first-order chi connectivity index (χ1) is 8.54. The Morgan fingerprint density at radius 1 is 1.78 bits per heavy atom. The average molecular weight is 250 g/mol. The molecule has 1 saturated heterocycles. The van der Waals surface area contributed by atoms with E-state index in [-0.39, 0.29) is 24.0 Å². The number of methoxy groups -OCH3 is 1. The van der Waals surface area contributed by atoms with Crippen LogP contribution in [0.2, 0.25) is 0 Å². The molecule has 5 heteroatoms. The van der Waals surface area contributed by atoms with Crippen molar-refractivity contribution in [1.29, 1.82) is 5.26 Å². The Hall–Kier alpha value is -1.54. The highest BCUT2D eigenvalue weighted by Gasteiger charge is 2.49. The van der Waals surface area contributed by atoms with Gasteiger partial charge < -0.3 is 9.84 Å². The van der Waals surface area contributed by atoms with Crippen LogP contribution in [0.15, 0.2) is 11.6 Å². The Morgan fingerprint density at radius 3 is 3.06 bits per heavy atom. The molecule has 1 aliphatic carbocycles. The Kier molecular flexibility index (Phi) is 3.31. The van der Waals surface area contributed by atoms with Gasteiger partial charge in [0.05, 0.1) is 25.1 Å². The summed E-state index contributed by atoms with van der Waals surface area (Å²) in [4.78, 5) is 13.4. The number of amides is 1. The van der Waals surface area contributed by atoms with E-state index in [9.17, 15) is 10.1 Å². The molecule has 0 aromatic heterocycles. The molecular formula is C13H18N2O3. The molecule has 18 heavy (non-hydrogen) atoms. The lowest BCUT2D eigenvalue weighted by molar-refractivity contribution is 0.0366. The number of piperidine rings is 1. The second-order valence-corrected chi connectivity index (χ2v) is 5.33. The van der Waals surface area contributed by atoms with Gasteiger partial charge in [-0.3, -0.25) is 4.90 Å². The van der Waals surface area contributed by atoms with Crippen LogP contribution in [0.25, 0.3) is 0 Å². The van der Waals surface area contributed by atoms with E-state index in [4.69, 9.17) is 9.84 Å². The molecule has 1 amide bonds. The normalized spacial score (nSPS) is 33.9. The summed E-state index contributed by atoms with van der Waals surface area (Å²) < 4.78 is 4.79. The molecule has 0 aromatic rings. The third kappa shape index (κ3) is 1.97. The molecule has 98 valence electrons. The van der Waals surface area contributed by atoms with Gasteiger partial charge in [-0.25, -0.2) is 4.79 Å².